The topological polar surface area (TPSA) is 72.1 Å². The molecule has 1 atom stereocenters. The Morgan fingerprint density at radius 2 is 2.05 bits per heavy atom. The molecule has 6 heteroatoms. The molecule has 0 aliphatic heterocycles. The van der Waals surface area contributed by atoms with Gasteiger partial charge in [0.25, 0.3) is 5.91 Å². The first-order valence-corrected chi connectivity index (χ1v) is 6.62. The second kappa shape index (κ2) is 5.92. The Morgan fingerprint density at radius 1 is 1.40 bits per heavy atom. The molecule has 20 heavy (non-hydrogen) atoms. The van der Waals surface area contributed by atoms with Crippen molar-refractivity contribution >= 4 is 5.91 Å². The molecule has 2 heterocycles. The monoisotopic (exact) mass is 276 g/mol. The first kappa shape index (κ1) is 14.3. The summed E-state index contributed by atoms with van der Waals surface area (Å²) in [5, 5.41) is 16.6. The maximum Gasteiger partial charge on any atom is 0.256 e. The lowest BCUT2D eigenvalue weighted by molar-refractivity contribution is 0.0871. The van der Waals surface area contributed by atoms with Crippen molar-refractivity contribution in [3.05, 3.63) is 36.3 Å². The highest BCUT2D eigenvalue weighted by Crippen LogP contribution is 2.13. The Labute approximate surface area is 118 Å². The molecule has 6 nitrogen and oxygen atoms in total. The molecule has 0 aromatic carbocycles. The van der Waals surface area contributed by atoms with Gasteiger partial charge in [0, 0.05) is 26.0 Å². The fourth-order valence-electron chi connectivity index (χ4n) is 1.90. The highest BCUT2D eigenvalue weighted by atomic mass is 16.3. The number of aryl methyl sites for hydroxylation is 1. The van der Waals surface area contributed by atoms with Gasteiger partial charge in [-0.3, -0.25) is 9.48 Å². The molecule has 0 saturated carbocycles. The number of rotatable bonds is 5. The number of carbonyl (C=O) groups is 1. The number of carbonyl (C=O) groups excluding carboxylic acids is 1. The molecule has 1 unspecified atom stereocenters. The number of hydrogen-bond acceptors (Lipinski definition) is 3. The molecule has 0 bridgehead atoms. The van der Waals surface area contributed by atoms with Crippen LogP contribution in [-0.4, -0.2) is 38.0 Å². The molecule has 0 aliphatic carbocycles. The Morgan fingerprint density at radius 3 is 2.65 bits per heavy atom. The molecule has 108 valence electrons. The summed E-state index contributed by atoms with van der Waals surface area (Å²) in [6, 6.07) is 3.77. The molecular weight excluding hydrogens is 256 g/mol. The van der Waals surface area contributed by atoms with Crippen molar-refractivity contribution in [3.63, 3.8) is 0 Å². The van der Waals surface area contributed by atoms with E-state index in [1.807, 2.05) is 42.9 Å². The zero-order valence-electron chi connectivity index (χ0n) is 11.9. The average molecular weight is 276 g/mol. The van der Waals surface area contributed by atoms with E-state index in [0.717, 1.165) is 0 Å². The van der Waals surface area contributed by atoms with Crippen LogP contribution < -0.4 is 5.32 Å². The quantitative estimate of drug-likeness (QED) is 0.854. The molecular formula is C14H20N4O2. The minimum atomic E-state index is -0.550. The van der Waals surface area contributed by atoms with E-state index in [1.54, 1.807) is 11.7 Å². The predicted octanol–water partition coefficient (Wildman–Crippen LogP) is 0.957. The van der Waals surface area contributed by atoms with Crippen LogP contribution in [0.4, 0.5) is 0 Å². The lowest BCUT2D eigenvalue weighted by Crippen LogP contribution is -2.35. The number of nitrogens with zero attached hydrogens (tertiary/aromatic N) is 3. The van der Waals surface area contributed by atoms with E-state index < -0.39 is 6.10 Å². The number of nitrogens with one attached hydrogen (secondary N) is 1. The van der Waals surface area contributed by atoms with Crippen molar-refractivity contribution in [2.45, 2.75) is 20.0 Å². The van der Waals surface area contributed by atoms with E-state index in [2.05, 4.69) is 10.4 Å². The second-order valence-corrected chi connectivity index (χ2v) is 5.12. The predicted molar refractivity (Wildman–Crippen MR) is 75.7 cm³/mol. The number of amides is 1. The van der Waals surface area contributed by atoms with Crippen LogP contribution in [-0.2, 0) is 7.05 Å². The summed E-state index contributed by atoms with van der Waals surface area (Å²) >= 11 is 0. The standard InChI is InChI=1S/C14H20N4O2/c1-10(2)12(19)9-15-13(20)11-8-16-17(3)14(11)18-6-4-5-7-18/h4-8,10,12,19H,9H2,1-3H3,(H,15,20). The number of aromatic nitrogens is 3. The van der Waals surface area contributed by atoms with Crippen LogP contribution in [0.2, 0.25) is 0 Å². The number of aliphatic hydroxyl groups excluding tert-OH is 1. The highest BCUT2D eigenvalue weighted by molar-refractivity contribution is 5.97. The van der Waals surface area contributed by atoms with Gasteiger partial charge in [-0.1, -0.05) is 13.8 Å². The van der Waals surface area contributed by atoms with Crippen molar-refractivity contribution < 1.29 is 9.90 Å². The molecule has 2 aromatic rings. The molecule has 0 fully saturated rings. The molecule has 2 rings (SSSR count). The van der Waals surface area contributed by atoms with Gasteiger partial charge in [-0.15, -0.1) is 0 Å². The van der Waals surface area contributed by atoms with E-state index >= 15 is 0 Å². The van der Waals surface area contributed by atoms with Gasteiger partial charge in [-0.2, -0.15) is 5.10 Å². The van der Waals surface area contributed by atoms with E-state index in [4.69, 9.17) is 0 Å². The first-order chi connectivity index (χ1) is 9.50. The SMILES string of the molecule is CC(C)C(O)CNC(=O)c1cnn(C)c1-n1cccc1. The zero-order valence-corrected chi connectivity index (χ0v) is 11.9. The molecule has 2 N–H and O–H groups in total. The maximum absolute atomic E-state index is 12.2. The van der Waals surface area contributed by atoms with E-state index in [1.165, 1.54) is 6.20 Å². The van der Waals surface area contributed by atoms with Crippen LogP contribution in [0.15, 0.2) is 30.7 Å². The summed E-state index contributed by atoms with van der Waals surface area (Å²) in [4.78, 5) is 12.2. The maximum atomic E-state index is 12.2. The van der Waals surface area contributed by atoms with Gasteiger partial charge in [-0.25, -0.2) is 0 Å². The summed E-state index contributed by atoms with van der Waals surface area (Å²) in [6.07, 6.45) is 4.70. The number of hydrogen-bond donors (Lipinski definition) is 2. The Kier molecular flexibility index (Phi) is 4.24. The van der Waals surface area contributed by atoms with Crippen molar-refractivity contribution in [1.29, 1.82) is 0 Å². The molecule has 2 aromatic heterocycles. The van der Waals surface area contributed by atoms with E-state index in [0.29, 0.717) is 11.4 Å². The number of aliphatic hydroxyl groups is 1. The lowest BCUT2D eigenvalue weighted by Gasteiger charge is -2.15. The molecule has 1 amide bonds. The Bertz CT molecular complexity index is 572. The minimum absolute atomic E-state index is 0.105. The third-order valence-electron chi connectivity index (χ3n) is 3.24. The molecule has 0 saturated heterocycles. The van der Waals surface area contributed by atoms with Crippen LogP contribution in [0.25, 0.3) is 5.82 Å². The van der Waals surface area contributed by atoms with Crippen molar-refractivity contribution in [2.75, 3.05) is 6.54 Å². The fourth-order valence-corrected chi connectivity index (χ4v) is 1.90. The molecule has 0 radical (unpaired) electrons. The van der Waals surface area contributed by atoms with Crippen LogP contribution in [0.5, 0.6) is 0 Å². The second-order valence-electron chi connectivity index (χ2n) is 5.12. The van der Waals surface area contributed by atoms with Crippen molar-refractivity contribution in [3.8, 4) is 5.82 Å². The van der Waals surface area contributed by atoms with Gasteiger partial charge in [0.15, 0.2) is 0 Å². The highest BCUT2D eigenvalue weighted by Gasteiger charge is 2.18. The van der Waals surface area contributed by atoms with E-state index in [-0.39, 0.29) is 18.4 Å². The van der Waals surface area contributed by atoms with Crippen LogP contribution in [0.1, 0.15) is 24.2 Å². The third-order valence-corrected chi connectivity index (χ3v) is 3.24. The minimum Gasteiger partial charge on any atom is -0.391 e. The summed E-state index contributed by atoms with van der Waals surface area (Å²) in [5.74, 6) is 0.571. The fraction of sp³-hybridized carbons (Fsp3) is 0.429. The van der Waals surface area contributed by atoms with Gasteiger partial charge in [0.05, 0.1) is 12.3 Å². The van der Waals surface area contributed by atoms with Gasteiger partial charge in [-0.05, 0) is 18.1 Å². The van der Waals surface area contributed by atoms with Crippen molar-refractivity contribution in [1.82, 2.24) is 19.7 Å². The van der Waals surface area contributed by atoms with Gasteiger partial charge in [0.2, 0.25) is 0 Å². The van der Waals surface area contributed by atoms with Crippen LogP contribution >= 0.6 is 0 Å². The van der Waals surface area contributed by atoms with Gasteiger partial charge < -0.3 is 15.0 Å². The Hall–Kier alpha value is -2.08. The van der Waals surface area contributed by atoms with Crippen molar-refractivity contribution in [2.24, 2.45) is 13.0 Å². The van der Waals surface area contributed by atoms with Gasteiger partial charge >= 0.3 is 0 Å². The molecule has 0 aliphatic rings. The smallest absolute Gasteiger partial charge is 0.256 e. The summed E-state index contributed by atoms with van der Waals surface area (Å²) in [5.41, 5.74) is 0.486. The summed E-state index contributed by atoms with van der Waals surface area (Å²) < 4.78 is 3.48. The average Bonchev–Trinajstić information content (AvgIpc) is 3.03. The largest absolute Gasteiger partial charge is 0.391 e. The Balaban J connectivity index is 2.15. The summed E-state index contributed by atoms with van der Waals surface area (Å²) in [6.45, 7) is 4.05. The first-order valence-electron chi connectivity index (χ1n) is 6.62. The van der Waals surface area contributed by atoms with Crippen LogP contribution in [0, 0.1) is 5.92 Å². The third kappa shape index (κ3) is 2.91. The van der Waals surface area contributed by atoms with Crippen LogP contribution in [0.3, 0.4) is 0 Å². The summed E-state index contributed by atoms with van der Waals surface area (Å²) in [7, 11) is 1.79. The molecule has 0 spiro atoms. The van der Waals surface area contributed by atoms with Gasteiger partial charge in [0.1, 0.15) is 11.4 Å². The normalized spacial score (nSPS) is 12.7. The lowest BCUT2D eigenvalue weighted by atomic mass is 10.1. The zero-order chi connectivity index (χ0) is 14.7. The van der Waals surface area contributed by atoms with E-state index in [9.17, 15) is 9.90 Å².